The SMILES string of the molecule is CCNc1ccc(C(=O)NCC(C)C(C)C)c(C)c1. The molecule has 0 saturated carbocycles. The van der Waals surface area contributed by atoms with Crippen LogP contribution in [-0.2, 0) is 0 Å². The van der Waals surface area contributed by atoms with Gasteiger partial charge in [0.1, 0.15) is 0 Å². The Labute approximate surface area is 116 Å². The number of hydrogen-bond donors (Lipinski definition) is 2. The van der Waals surface area contributed by atoms with Crippen LogP contribution in [0, 0.1) is 18.8 Å². The zero-order chi connectivity index (χ0) is 14.4. The van der Waals surface area contributed by atoms with E-state index in [0.29, 0.717) is 11.8 Å². The van der Waals surface area contributed by atoms with Gasteiger partial charge >= 0.3 is 0 Å². The van der Waals surface area contributed by atoms with Gasteiger partial charge in [-0.3, -0.25) is 4.79 Å². The van der Waals surface area contributed by atoms with Crippen molar-refractivity contribution in [2.75, 3.05) is 18.4 Å². The standard InChI is InChI=1S/C16H26N2O/c1-6-17-14-7-8-15(12(4)9-14)16(19)18-10-13(5)11(2)3/h7-9,11,13,17H,6,10H2,1-5H3,(H,18,19). The maximum absolute atomic E-state index is 12.1. The van der Waals surface area contributed by atoms with Crippen LogP contribution in [0.2, 0.25) is 0 Å². The van der Waals surface area contributed by atoms with Gasteiger partial charge in [0.25, 0.3) is 5.91 Å². The summed E-state index contributed by atoms with van der Waals surface area (Å²) in [6.45, 7) is 12.2. The van der Waals surface area contributed by atoms with E-state index in [9.17, 15) is 4.79 Å². The van der Waals surface area contributed by atoms with E-state index < -0.39 is 0 Å². The van der Waals surface area contributed by atoms with Gasteiger partial charge in [-0.15, -0.1) is 0 Å². The van der Waals surface area contributed by atoms with E-state index in [1.165, 1.54) is 0 Å². The van der Waals surface area contributed by atoms with E-state index in [1.807, 2.05) is 25.1 Å². The monoisotopic (exact) mass is 262 g/mol. The Hall–Kier alpha value is -1.51. The molecule has 0 fully saturated rings. The summed E-state index contributed by atoms with van der Waals surface area (Å²) in [5.74, 6) is 1.09. The van der Waals surface area contributed by atoms with Crippen molar-refractivity contribution >= 4 is 11.6 Å². The number of carbonyl (C=O) groups excluding carboxylic acids is 1. The Balaban J connectivity index is 2.67. The van der Waals surface area contributed by atoms with Crippen LogP contribution >= 0.6 is 0 Å². The molecule has 0 aliphatic heterocycles. The van der Waals surface area contributed by atoms with E-state index in [2.05, 4.69) is 38.3 Å². The zero-order valence-electron chi connectivity index (χ0n) is 12.7. The average molecular weight is 262 g/mol. The number of aryl methyl sites for hydroxylation is 1. The van der Waals surface area contributed by atoms with Crippen molar-refractivity contribution in [3.05, 3.63) is 29.3 Å². The average Bonchev–Trinajstić information content (AvgIpc) is 2.36. The summed E-state index contributed by atoms with van der Waals surface area (Å²) in [4.78, 5) is 12.1. The zero-order valence-corrected chi connectivity index (χ0v) is 12.7. The number of hydrogen-bond acceptors (Lipinski definition) is 2. The van der Waals surface area contributed by atoms with Gasteiger partial charge in [-0.25, -0.2) is 0 Å². The van der Waals surface area contributed by atoms with Crippen molar-refractivity contribution in [3.63, 3.8) is 0 Å². The van der Waals surface area contributed by atoms with Crippen LogP contribution < -0.4 is 10.6 Å². The molecule has 1 aromatic rings. The highest BCUT2D eigenvalue weighted by atomic mass is 16.1. The van der Waals surface area contributed by atoms with Crippen molar-refractivity contribution in [1.29, 1.82) is 0 Å². The number of carbonyl (C=O) groups is 1. The van der Waals surface area contributed by atoms with Gasteiger partial charge in [0.05, 0.1) is 0 Å². The lowest BCUT2D eigenvalue weighted by molar-refractivity contribution is 0.0944. The van der Waals surface area contributed by atoms with Crippen LogP contribution in [0.25, 0.3) is 0 Å². The van der Waals surface area contributed by atoms with E-state index in [0.717, 1.165) is 29.9 Å². The van der Waals surface area contributed by atoms with Gasteiger partial charge in [-0.05, 0) is 49.4 Å². The van der Waals surface area contributed by atoms with Gasteiger partial charge in [0, 0.05) is 24.3 Å². The molecular formula is C16H26N2O. The smallest absolute Gasteiger partial charge is 0.251 e. The first-order valence-corrected chi connectivity index (χ1v) is 7.08. The van der Waals surface area contributed by atoms with E-state index in [4.69, 9.17) is 0 Å². The van der Waals surface area contributed by atoms with Crippen LogP contribution in [-0.4, -0.2) is 19.0 Å². The van der Waals surface area contributed by atoms with Crippen molar-refractivity contribution in [2.45, 2.75) is 34.6 Å². The second kappa shape index (κ2) is 7.17. The van der Waals surface area contributed by atoms with Gasteiger partial charge in [0.2, 0.25) is 0 Å². The quantitative estimate of drug-likeness (QED) is 0.824. The predicted molar refractivity (Wildman–Crippen MR) is 81.7 cm³/mol. The molecule has 0 heterocycles. The second-order valence-corrected chi connectivity index (χ2v) is 5.49. The molecule has 19 heavy (non-hydrogen) atoms. The molecule has 1 aromatic carbocycles. The molecule has 0 aromatic heterocycles. The molecule has 3 nitrogen and oxygen atoms in total. The van der Waals surface area contributed by atoms with E-state index in [-0.39, 0.29) is 5.91 Å². The molecule has 0 spiro atoms. The molecule has 0 bridgehead atoms. The number of rotatable bonds is 6. The molecule has 0 radical (unpaired) electrons. The third-order valence-electron chi connectivity index (χ3n) is 3.57. The van der Waals surface area contributed by atoms with E-state index in [1.54, 1.807) is 0 Å². The summed E-state index contributed by atoms with van der Waals surface area (Å²) in [7, 11) is 0. The lowest BCUT2D eigenvalue weighted by Crippen LogP contribution is -2.30. The van der Waals surface area contributed by atoms with E-state index >= 15 is 0 Å². The molecule has 3 heteroatoms. The highest BCUT2D eigenvalue weighted by Gasteiger charge is 2.12. The Kier molecular flexibility index (Phi) is 5.87. The van der Waals surface area contributed by atoms with Crippen LogP contribution in [0.3, 0.4) is 0 Å². The number of benzene rings is 1. The second-order valence-electron chi connectivity index (χ2n) is 5.49. The fourth-order valence-corrected chi connectivity index (χ4v) is 1.82. The van der Waals surface area contributed by atoms with Crippen LogP contribution in [0.4, 0.5) is 5.69 Å². The summed E-state index contributed by atoms with van der Waals surface area (Å²) in [6, 6.07) is 5.87. The first kappa shape index (κ1) is 15.5. The Bertz CT molecular complexity index is 427. The molecule has 1 unspecified atom stereocenters. The summed E-state index contributed by atoms with van der Waals surface area (Å²) in [5.41, 5.74) is 2.83. The first-order valence-electron chi connectivity index (χ1n) is 7.08. The van der Waals surface area contributed by atoms with Crippen molar-refractivity contribution in [2.24, 2.45) is 11.8 Å². The maximum Gasteiger partial charge on any atom is 0.251 e. The van der Waals surface area contributed by atoms with Crippen LogP contribution in [0.15, 0.2) is 18.2 Å². The fraction of sp³-hybridized carbons (Fsp3) is 0.562. The third kappa shape index (κ3) is 4.58. The summed E-state index contributed by atoms with van der Waals surface area (Å²) in [6.07, 6.45) is 0. The summed E-state index contributed by atoms with van der Waals surface area (Å²) < 4.78 is 0. The minimum absolute atomic E-state index is 0.0213. The van der Waals surface area contributed by atoms with Crippen LogP contribution in [0.1, 0.15) is 43.6 Å². The molecule has 2 N–H and O–H groups in total. The molecule has 1 rings (SSSR count). The largest absolute Gasteiger partial charge is 0.385 e. The highest BCUT2D eigenvalue weighted by Crippen LogP contribution is 2.15. The van der Waals surface area contributed by atoms with Crippen LogP contribution in [0.5, 0.6) is 0 Å². The minimum atomic E-state index is 0.0213. The number of nitrogens with one attached hydrogen (secondary N) is 2. The molecule has 106 valence electrons. The lowest BCUT2D eigenvalue weighted by atomic mass is 9.98. The van der Waals surface area contributed by atoms with Gasteiger partial charge in [-0.2, -0.15) is 0 Å². The van der Waals surface area contributed by atoms with Crippen molar-refractivity contribution in [3.8, 4) is 0 Å². The highest BCUT2D eigenvalue weighted by molar-refractivity contribution is 5.96. The summed E-state index contributed by atoms with van der Waals surface area (Å²) in [5, 5.41) is 6.26. The molecule has 1 atom stereocenters. The fourth-order valence-electron chi connectivity index (χ4n) is 1.82. The Morgan fingerprint density at radius 2 is 1.95 bits per heavy atom. The molecular weight excluding hydrogens is 236 g/mol. The maximum atomic E-state index is 12.1. The Morgan fingerprint density at radius 1 is 1.26 bits per heavy atom. The van der Waals surface area contributed by atoms with Gasteiger partial charge < -0.3 is 10.6 Å². The minimum Gasteiger partial charge on any atom is -0.385 e. The van der Waals surface area contributed by atoms with Crippen molar-refractivity contribution < 1.29 is 4.79 Å². The number of anilines is 1. The van der Waals surface area contributed by atoms with Crippen molar-refractivity contribution in [1.82, 2.24) is 5.32 Å². The number of amides is 1. The first-order chi connectivity index (χ1) is 8.95. The van der Waals surface area contributed by atoms with Gasteiger partial charge in [0.15, 0.2) is 0 Å². The molecule has 0 aliphatic rings. The predicted octanol–water partition coefficient (Wildman–Crippen LogP) is 3.45. The van der Waals surface area contributed by atoms with Gasteiger partial charge in [-0.1, -0.05) is 20.8 Å². The summed E-state index contributed by atoms with van der Waals surface area (Å²) >= 11 is 0. The topological polar surface area (TPSA) is 41.1 Å². The molecule has 1 amide bonds. The lowest BCUT2D eigenvalue weighted by Gasteiger charge is -2.17. The molecule has 0 aliphatic carbocycles. The normalized spacial score (nSPS) is 12.3. The Morgan fingerprint density at radius 3 is 2.47 bits per heavy atom. The molecule has 0 saturated heterocycles. The third-order valence-corrected chi connectivity index (χ3v) is 3.57.